The van der Waals surface area contributed by atoms with Crippen LogP contribution < -0.4 is 10.3 Å². The molecule has 0 saturated carbocycles. The van der Waals surface area contributed by atoms with E-state index in [1.807, 2.05) is 13.0 Å². The van der Waals surface area contributed by atoms with Crippen LogP contribution in [0.15, 0.2) is 75.1 Å². The second-order valence-electron chi connectivity index (χ2n) is 6.92. The van der Waals surface area contributed by atoms with Crippen molar-refractivity contribution in [1.82, 2.24) is 14.5 Å². The zero-order valence-corrected chi connectivity index (χ0v) is 19.1. The summed E-state index contributed by atoms with van der Waals surface area (Å²) in [5.74, 6) is 0.436. The van der Waals surface area contributed by atoms with Gasteiger partial charge in [0.15, 0.2) is 9.84 Å². The molecule has 2 heterocycles. The van der Waals surface area contributed by atoms with Crippen LogP contribution in [0.25, 0.3) is 16.6 Å². The molecular weight excluding hydrogens is 482 g/mol. The largest absolute Gasteiger partial charge is 0.495 e. The number of aryl methyl sites for hydroxylation is 1. The van der Waals surface area contributed by atoms with Gasteiger partial charge in [-0.2, -0.15) is 0 Å². The first kappa shape index (κ1) is 21.2. The molecule has 0 aliphatic heterocycles. The Labute approximate surface area is 187 Å². The average molecular weight is 500 g/mol. The molecule has 0 saturated heterocycles. The predicted molar refractivity (Wildman–Crippen MR) is 121 cm³/mol. The summed E-state index contributed by atoms with van der Waals surface area (Å²) < 4.78 is 33.6. The molecule has 31 heavy (non-hydrogen) atoms. The Morgan fingerprint density at radius 3 is 2.52 bits per heavy atom. The summed E-state index contributed by atoms with van der Waals surface area (Å²) in [7, 11) is -2.13. The number of ether oxygens (including phenoxy) is 1. The minimum absolute atomic E-state index is 0.136. The third-order valence-corrected chi connectivity index (χ3v) is 7.33. The number of hydrogen-bond donors (Lipinski definition) is 0. The van der Waals surface area contributed by atoms with Gasteiger partial charge in [0.2, 0.25) is 0 Å². The van der Waals surface area contributed by atoms with Crippen molar-refractivity contribution in [3.8, 4) is 11.4 Å². The third kappa shape index (κ3) is 4.11. The molecule has 2 aromatic heterocycles. The number of benzene rings is 2. The molecule has 2 aromatic carbocycles. The van der Waals surface area contributed by atoms with Gasteiger partial charge in [-0.1, -0.05) is 15.9 Å². The topological polar surface area (TPSA) is 91.2 Å². The van der Waals surface area contributed by atoms with Gasteiger partial charge in [0.05, 0.1) is 23.2 Å². The molecule has 0 amide bonds. The Kier molecular flexibility index (Phi) is 5.63. The van der Waals surface area contributed by atoms with E-state index >= 15 is 0 Å². The van der Waals surface area contributed by atoms with Crippen LogP contribution in [0.4, 0.5) is 0 Å². The molecule has 0 spiro atoms. The number of sulfone groups is 1. The van der Waals surface area contributed by atoms with Gasteiger partial charge < -0.3 is 4.74 Å². The van der Waals surface area contributed by atoms with Crippen LogP contribution >= 0.6 is 15.9 Å². The van der Waals surface area contributed by atoms with Gasteiger partial charge in [0.1, 0.15) is 17.3 Å². The number of hydrogen-bond acceptors (Lipinski definition) is 6. The van der Waals surface area contributed by atoms with E-state index in [4.69, 9.17) is 4.74 Å². The van der Waals surface area contributed by atoms with E-state index < -0.39 is 9.84 Å². The minimum Gasteiger partial charge on any atom is -0.495 e. The van der Waals surface area contributed by atoms with Crippen molar-refractivity contribution in [1.29, 1.82) is 0 Å². The molecule has 0 bridgehead atoms. The Bertz CT molecular complexity index is 1450. The normalized spacial score (nSPS) is 11.6. The lowest BCUT2D eigenvalue weighted by Gasteiger charge is -2.16. The fourth-order valence-corrected chi connectivity index (χ4v) is 4.87. The Morgan fingerprint density at radius 1 is 1.06 bits per heavy atom. The first-order valence-electron chi connectivity index (χ1n) is 9.29. The molecule has 4 rings (SSSR count). The molecule has 0 unspecified atom stereocenters. The molecular formula is C22H18BrN3O4S. The number of halogens is 1. The SMILES string of the molecule is COc1cc(Br)c(C)cc1-n1c(=O)ccc2cc(S(=O)(=O)Cc3ncccn3)ccc21. The number of fused-ring (bicyclic) bond motifs is 1. The highest BCUT2D eigenvalue weighted by atomic mass is 79.9. The van der Waals surface area contributed by atoms with Gasteiger partial charge >= 0.3 is 0 Å². The van der Waals surface area contributed by atoms with Crippen LogP contribution in [0.1, 0.15) is 11.4 Å². The standard InChI is InChI=1S/C22H18BrN3O4S/c1-14-10-19(20(30-2)12-17(14)23)26-18-6-5-16(11-15(18)4-7-22(26)27)31(28,29)13-21-24-8-3-9-25-21/h3-12H,13H2,1-2H3. The minimum atomic E-state index is -3.66. The Balaban J connectivity index is 1.87. The highest BCUT2D eigenvalue weighted by molar-refractivity contribution is 9.10. The van der Waals surface area contributed by atoms with Crippen molar-refractivity contribution >= 4 is 36.7 Å². The molecule has 0 aliphatic carbocycles. The van der Waals surface area contributed by atoms with Crippen molar-refractivity contribution in [2.24, 2.45) is 0 Å². The number of pyridine rings is 1. The van der Waals surface area contributed by atoms with Gasteiger partial charge in [0, 0.05) is 28.3 Å². The summed E-state index contributed by atoms with van der Waals surface area (Å²) in [5, 5.41) is 0.609. The molecule has 0 N–H and O–H groups in total. The summed E-state index contributed by atoms with van der Waals surface area (Å²) in [5.41, 5.74) is 1.83. The highest BCUT2D eigenvalue weighted by Gasteiger charge is 2.19. The smallest absolute Gasteiger partial charge is 0.255 e. The molecule has 9 heteroatoms. The zero-order valence-electron chi connectivity index (χ0n) is 16.7. The molecule has 0 atom stereocenters. The van der Waals surface area contributed by atoms with Crippen molar-refractivity contribution in [3.05, 3.63) is 87.1 Å². The van der Waals surface area contributed by atoms with E-state index in [1.165, 1.54) is 36.2 Å². The van der Waals surface area contributed by atoms with Crippen molar-refractivity contribution in [2.45, 2.75) is 17.6 Å². The van der Waals surface area contributed by atoms with Crippen LogP contribution in [0.2, 0.25) is 0 Å². The van der Waals surface area contributed by atoms with Crippen LogP contribution in [-0.2, 0) is 15.6 Å². The fraction of sp³-hybridized carbons (Fsp3) is 0.136. The lowest BCUT2D eigenvalue weighted by Crippen LogP contribution is -2.18. The zero-order chi connectivity index (χ0) is 22.2. The first-order valence-corrected chi connectivity index (χ1v) is 11.7. The van der Waals surface area contributed by atoms with E-state index in [2.05, 4.69) is 25.9 Å². The molecule has 158 valence electrons. The lowest BCUT2D eigenvalue weighted by atomic mass is 10.1. The van der Waals surface area contributed by atoms with Crippen LogP contribution in [0, 0.1) is 6.92 Å². The average Bonchev–Trinajstić information content (AvgIpc) is 2.75. The fourth-order valence-electron chi connectivity index (χ4n) is 3.31. The van der Waals surface area contributed by atoms with Crippen LogP contribution in [0.5, 0.6) is 5.75 Å². The second kappa shape index (κ2) is 8.24. The second-order valence-corrected chi connectivity index (χ2v) is 9.77. The quantitative estimate of drug-likeness (QED) is 0.414. The summed E-state index contributed by atoms with van der Waals surface area (Å²) in [6, 6.07) is 13.0. The van der Waals surface area contributed by atoms with E-state index in [-0.39, 0.29) is 22.0 Å². The Hall–Kier alpha value is -3.04. The van der Waals surface area contributed by atoms with Crippen molar-refractivity contribution < 1.29 is 13.2 Å². The summed E-state index contributed by atoms with van der Waals surface area (Å²) >= 11 is 3.48. The van der Waals surface area contributed by atoms with Gasteiger partial charge in [-0.3, -0.25) is 9.36 Å². The summed E-state index contributed by atoms with van der Waals surface area (Å²) in [4.78, 5) is 20.9. The highest BCUT2D eigenvalue weighted by Crippen LogP contribution is 2.31. The monoisotopic (exact) mass is 499 g/mol. The van der Waals surface area contributed by atoms with E-state index in [9.17, 15) is 13.2 Å². The first-order chi connectivity index (χ1) is 14.8. The van der Waals surface area contributed by atoms with E-state index in [0.29, 0.717) is 22.3 Å². The number of methoxy groups -OCH3 is 1. The number of nitrogens with zero attached hydrogens (tertiary/aromatic N) is 3. The third-order valence-electron chi connectivity index (χ3n) is 4.86. The molecule has 0 aliphatic rings. The van der Waals surface area contributed by atoms with Gasteiger partial charge in [-0.05, 0) is 55.0 Å². The number of aromatic nitrogens is 3. The molecule has 0 radical (unpaired) electrons. The van der Waals surface area contributed by atoms with E-state index in [0.717, 1.165) is 10.0 Å². The summed E-state index contributed by atoms with van der Waals surface area (Å²) in [6.07, 6.45) is 3.01. The van der Waals surface area contributed by atoms with Crippen LogP contribution in [-0.4, -0.2) is 30.1 Å². The maximum absolute atomic E-state index is 12.9. The van der Waals surface area contributed by atoms with Crippen molar-refractivity contribution in [2.75, 3.05) is 7.11 Å². The molecule has 0 fully saturated rings. The summed E-state index contributed by atoms with van der Waals surface area (Å²) in [6.45, 7) is 1.92. The Morgan fingerprint density at radius 2 is 1.81 bits per heavy atom. The maximum Gasteiger partial charge on any atom is 0.255 e. The molecule has 7 nitrogen and oxygen atoms in total. The predicted octanol–water partition coefficient (Wildman–Crippen LogP) is 3.83. The number of rotatable bonds is 5. The van der Waals surface area contributed by atoms with E-state index in [1.54, 1.807) is 30.3 Å². The maximum atomic E-state index is 12.9. The van der Waals surface area contributed by atoms with Gasteiger partial charge in [-0.15, -0.1) is 0 Å². The van der Waals surface area contributed by atoms with Gasteiger partial charge in [-0.25, -0.2) is 18.4 Å². The lowest BCUT2D eigenvalue weighted by molar-refractivity contribution is 0.412. The van der Waals surface area contributed by atoms with Crippen LogP contribution in [0.3, 0.4) is 0 Å². The van der Waals surface area contributed by atoms with Crippen molar-refractivity contribution in [3.63, 3.8) is 0 Å². The molecule has 4 aromatic rings. The van der Waals surface area contributed by atoms with Gasteiger partial charge in [0.25, 0.3) is 5.56 Å².